The van der Waals surface area contributed by atoms with Gasteiger partial charge in [0.1, 0.15) is 0 Å². The molecular formula is C17H28N2. The van der Waals surface area contributed by atoms with Crippen LogP contribution in [0.2, 0.25) is 0 Å². The zero-order valence-electron chi connectivity index (χ0n) is 12.8. The fourth-order valence-corrected chi connectivity index (χ4v) is 3.05. The fourth-order valence-electron chi connectivity index (χ4n) is 3.05. The van der Waals surface area contributed by atoms with Crippen LogP contribution in [-0.2, 0) is 0 Å². The third kappa shape index (κ3) is 3.37. The molecule has 1 aliphatic rings. The van der Waals surface area contributed by atoms with Gasteiger partial charge in [-0.15, -0.1) is 0 Å². The maximum absolute atomic E-state index is 3.67. The van der Waals surface area contributed by atoms with Crippen LogP contribution < -0.4 is 5.32 Å². The molecule has 0 bridgehead atoms. The quantitative estimate of drug-likeness (QED) is 0.891. The number of hydrogen-bond acceptors (Lipinski definition) is 2. The standard InChI is InChI=1S/C17H28N2/c1-5-16-12-19(17(6-2)11-18-16)14(4)15-9-7-13(3)8-10-15/h7-10,14,16-18H,5-6,11-12H2,1-4H3/t14?,16-,17+/m0/s1. The summed E-state index contributed by atoms with van der Waals surface area (Å²) in [6, 6.07) is 10.9. The van der Waals surface area contributed by atoms with Crippen molar-refractivity contribution in [3.8, 4) is 0 Å². The van der Waals surface area contributed by atoms with Crippen molar-refractivity contribution < 1.29 is 0 Å². The van der Waals surface area contributed by atoms with Crippen molar-refractivity contribution in [1.29, 1.82) is 0 Å². The maximum Gasteiger partial charge on any atom is 0.0324 e. The molecule has 0 saturated carbocycles. The van der Waals surface area contributed by atoms with Crippen molar-refractivity contribution in [2.24, 2.45) is 0 Å². The Bertz CT molecular complexity index is 385. The summed E-state index contributed by atoms with van der Waals surface area (Å²) in [6.45, 7) is 11.4. The molecule has 1 aromatic carbocycles. The third-order valence-electron chi connectivity index (χ3n) is 4.56. The molecule has 1 heterocycles. The predicted octanol–water partition coefficient (Wildman–Crippen LogP) is 3.52. The molecule has 1 aromatic rings. The summed E-state index contributed by atoms with van der Waals surface area (Å²) in [4.78, 5) is 2.69. The molecule has 19 heavy (non-hydrogen) atoms. The van der Waals surface area contributed by atoms with E-state index in [1.54, 1.807) is 0 Å². The molecule has 0 spiro atoms. The average molecular weight is 260 g/mol. The van der Waals surface area contributed by atoms with Gasteiger partial charge in [0.25, 0.3) is 0 Å². The molecule has 106 valence electrons. The minimum Gasteiger partial charge on any atom is -0.311 e. The number of benzene rings is 1. The molecule has 0 amide bonds. The highest BCUT2D eigenvalue weighted by Crippen LogP contribution is 2.26. The number of piperazine rings is 1. The Morgan fingerprint density at radius 3 is 2.47 bits per heavy atom. The van der Waals surface area contributed by atoms with Crippen LogP contribution in [0.3, 0.4) is 0 Å². The highest BCUT2D eigenvalue weighted by molar-refractivity contribution is 5.24. The lowest BCUT2D eigenvalue weighted by atomic mass is 9.98. The van der Waals surface area contributed by atoms with Crippen molar-refractivity contribution in [3.63, 3.8) is 0 Å². The van der Waals surface area contributed by atoms with E-state index in [1.807, 2.05) is 0 Å². The zero-order chi connectivity index (χ0) is 13.8. The predicted molar refractivity (Wildman–Crippen MR) is 82.5 cm³/mol. The highest BCUT2D eigenvalue weighted by atomic mass is 15.2. The van der Waals surface area contributed by atoms with Crippen LogP contribution in [0.4, 0.5) is 0 Å². The Morgan fingerprint density at radius 2 is 1.89 bits per heavy atom. The van der Waals surface area contributed by atoms with Crippen LogP contribution in [0.15, 0.2) is 24.3 Å². The molecule has 0 aromatic heterocycles. The Hall–Kier alpha value is -0.860. The first-order valence-electron chi connectivity index (χ1n) is 7.71. The van der Waals surface area contributed by atoms with Gasteiger partial charge in [0.05, 0.1) is 0 Å². The summed E-state index contributed by atoms with van der Waals surface area (Å²) in [5.74, 6) is 0. The van der Waals surface area contributed by atoms with Crippen molar-refractivity contribution in [2.45, 2.75) is 58.7 Å². The summed E-state index contributed by atoms with van der Waals surface area (Å²) in [7, 11) is 0. The van der Waals surface area contributed by atoms with Crippen LogP contribution in [0, 0.1) is 6.92 Å². The van der Waals surface area contributed by atoms with Crippen molar-refractivity contribution >= 4 is 0 Å². The molecule has 1 N–H and O–H groups in total. The van der Waals surface area contributed by atoms with E-state index < -0.39 is 0 Å². The SMILES string of the molecule is CC[C@H]1CN(C(C)c2ccc(C)cc2)[C@H](CC)CN1. The Kier molecular flexibility index (Phi) is 5.00. The molecule has 1 aliphatic heterocycles. The smallest absolute Gasteiger partial charge is 0.0324 e. The lowest BCUT2D eigenvalue weighted by Gasteiger charge is -2.43. The van der Waals surface area contributed by atoms with Crippen LogP contribution in [0.1, 0.15) is 50.8 Å². The van der Waals surface area contributed by atoms with Gasteiger partial charge in [0.2, 0.25) is 0 Å². The number of nitrogens with one attached hydrogen (secondary N) is 1. The molecule has 0 aliphatic carbocycles. The van der Waals surface area contributed by atoms with Crippen molar-refractivity contribution in [2.75, 3.05) is 13.1 Å². The van der Waals surface area contributed by atoms with Gasteiger partial charge in [-0.2, -0.15) is 0 Å². The zero-order valence-corrected chi connectivity index (χ0v) is 12.8. The topological polar surface area (TPSA) is 15.3 Å². The Labute approximate surface area is 118 Å². The molecule has 3 atom stereocenters. The van der Waals surface area contributed by atoms with Crippen molar-refractivity contribution in [1.82, 2.24) is 10.2 Å². The van der Waals surface area contributed by atoms with E-state index in [9.17, 15) is 0 Å². The van der Waals surface area contributed by atoms with Gasteiger partial charge >= 0.3 is 0 Å². The molecule has 2 rings (SSSR count). The average Bonchev–Trinajstić information content (AvgIpc) is 2.46. The third-order valence-corrected chi connectivity index (χ3v) is 4.56. The van der Waals surface area contributed by atoms with Gasteiger partial charge in [-0.05, 0) is 32.3 Å². The number of hydrogen-bond donors (Lipinski definition) is 1. The van der Waals surface area contributed by atoms with E-state index in [0.29, 0.717) is 18.1 Å². The highest BCUT2D eigenvalue weighted by Gasteiger charge is 2.29. The minimum absolute atomic E-state index is 0.515. The molecule has 0 radical (unpaired) electrons. The van der Waals surface area contributed by atoms with Crippen molar-refractivity contribution in [3.05, 3.63) is 35.4 Å². The second kappa shape index (κ2) is 6.53. The normalized spacial score (nSPS) is 26.3. The van der Waals surface area contributed by atoms with E-state index in [4.69, 9.17) is 0 Å². The van der Waals surface area contributed by atoms with E-state index in [0.717, 1.165) is 6.54 Å². The van der Waals surface area contributed by atoms with Gasteiger partial charge in [0, 0.05) is 31.2 Å². The maximum atomic E-state index is 3.67. The van der Waals surface area contributed by atoms with Crippen LogP contribution >= 0.6 is 0 Å². The number of nitrogens with zero attached hydrogens (tertiary/aromatic N) is 1. The van der Waals surface area contributed by atoms with E-state index in [-0.39, 0.29) is 0 Å². The monoisotopic (exact) mass is 260 g/mol. The summed E-state index contributed by atoms with van der Waals surface area (Å²) in [5.41, 5.74) is 2.79. The molecule has 2 nitrogen and oxygen atoms in total. The first kappa shape index (κ1) is 14.5. The van der Waals surface area contributed by atoms with E-state index >= 15 is 0 Å². The molecule has 1 fully saturated rings. The first-order chi connectivity index (χ1) is 9.15. The lowest BCUT2D eigenvalue weighted by Crippen LogP contribution is -2.56. The summed E-state index contributed by atoms with van der Waals surface area (Å²) < 4.78 is 0. The first-order valence-corrected chi connectivity index (χ1v) is 7.71. The summed E-state index contributed by atoms with van der Waals surface area (Å²) in [5, 5.41) is 3.67. The van der Waals surface area contributed by atoms with Crippen LogP contribution in [0.25, 0.3) is 0 Å². The minimum atomic E-state index is 0.515. The van der Waals surface area contributed by atoms with Crippen LogP contribution in [0.5, 0.6) is 0 Å². The van der Waals surface area contributed by atoms with E-state index in [2.05, 4.69) is 62.2 Å². The second-order valence-corrected chi connectivity index (χ2v) is 5.86. The van der Waals surface area contributed by atoms with Gasteiger partial charge in [-0.1, -0.05) is 43.7 Å². The van der Waals surface area contributed by atoms with Gasteiger partial charge in [-0.25, -0.2) is 0 Å². The summed E-state index contributed by atoms with van der Waals surface area (Å²) >= 11 is 0. The molecule has 1 saturated heterocycles. The Balaban J connectivity index is 2.14. The molecular weight excluding hydrogens is 232 g/mol. The molecule has 2 heteroatoms. The second-order valence-electron chi connectivity index (χ2n) is 5.86. The van der Waals surface area contributed by atoms with Crippen LogP contribution in [-0.4, -0.2) is 30.1 Å². The van der Waals surface area contributed by atoms with E-state index in [1.165, 1.54) is 30.5 Å². The fraction of sp³-hybridized carbons (Fsp3) is 0.647. The summed E-state index contributed by atoms with van der Waals surface area (Å²) in [6.07, 6.45) is 2.44. The lowest BCUT2D eigenvalue weighted by molar-refractivity contribution is 0.0850. The van der Waals surface area contributed by atoms with Gasteiger partial charge in [-0.3, -0.25) is 4.90 Å². The number of rotatable bonds is 4. The van der Waals surface area contributed by atoms with Gasteiger partial charge < -0.3 is 5.32 Å². The Morgan fingerprint density at radius 1 is 1.21 bits per heavy atom. The largest absolute Gasteiger partial charge is 0.311 e. The molecule has 1 unspecified atom stereocenters. The number of aryl methyl sites for hydroxylation is 1. The van der Waals surface area contributed by atoms with Gasteiger partial charge in [0.15, 0.2) is 0 Å².